The third-order valence-corrected chi connectivity index (χ3v) is 7.16. The summed E-state index contributed by atoms with van der Waals surface area (Å²) in [6.07, 6.45) is 2.07. The number of rotatable bonds is 6. The first kappa shape index (κ1) is 17.4. The number of nitrogens with one attached hydrogen (secondary N) is 1. The third-order valence-electron chi connectivity index (χ3n) is 4.80. The van der Waals surface area contributed by atoms with Gasteiger partial charge in [-0.15, -0.1) is 11.3 Å². The van der Waals surface area contributed by atoms with Crippen molar-refractivity contribution in [2.45, 2.75) is 38.8 Å². The predicted molar refractivity (Wildman–Crippen MR) is 93.2 cm³/mol. The second-order valence-corrected chi connectivity index (χ2v) is 10.3. The van der Waals surface area contributed by atoms with Gasteiger partial charge in [-0.25, -0.2) is 13.1 Å². The van der Waals surface area contributed by atoms with Gasteiger partial charge in [0.25, 0.3) is 0 Å². The Labute approximate surface area is 143 Å². The van der Waals surface area contributed by atoms with Gasteiger partial charge in [0.15, 0.2) is 0 Å². The summed E-state index contributed by atoms with van der Waals surface area (Å²) in [7, 11) is -3.09. The second kappa shape index (κ2) is 6.80. The molecule has 0 bridgehead atoms. The van der Waals surface area contributed by atoms with Crippen LogP contribution < -0.4 is 4.72 Å². The number of sulfonamides is 1. The predicted octanol–water partition coefficient (Wildman–Crippen LogP) is 1.98. The van der Waals surface area contributed by atoms with Crippen molar-refractivity contribution in [3.8, 4) is 0 Å². The lowest BCUT2D eigenvalue weighted by Crippen LogP contribution is -2.64. The molecule has 1 N–H and O–H groups in total. The van der Waals surface area contributed by atoms with Crippen molar-refractivity contribution in [1.29, 1.82) is 0 Å². The van der Waals surface area contributed by atoms with E-state index in [0.717, 1.165) is 32.5 Å². The summed E-state index contributed by atoms with van der Waals surface area (Å²) in [5.41, 5.74) is 0.0203. The van der Waals surface area contributed by atoms with Crippen LogP contribution in [0, 0.1) is 12.8 Å². The molecule has 2 saturated heterocycles. The van der Waals surface area contributed by atoms with Crippen LogP contribution in [0.1, 0.15) is 29.5 Å². The van der Waals surface area contributed by atoms with Gasteiger partial charge in [-0.3, -0.25) is 4.90 Å². The topological polar surface area (TPSA) is 58.6 Å². The highest BCUT2D eigenvalue weighted by Gasteiger charge is 2.46. The Hall–Kier alpha value is -0.470. The summed E-state index contributed by atoms with van der Waals surface area (Å²) in [6.45, 7) is 7.98. The quantitative estimate of drug-likeness (QED) is 0.845. The average Bonchev–Trinajstić information content (AvgIpc) is 2.90. The number of aryl methyl sites for hydroxylation is 1. The summed E-state index contributed by atoms with van der Waals surface area (Å²) in [4.78, 5) is 5.22. The Balaban J connectivity index is 1.40. The van der Waals surface area contributed by atoms with E-state index in [9.17, 15) is 8.42 Å². The first-order valence-electron chi connectivity index (χ1n) is 8.29. The first-order chi connectivity index (χ1) is 10.9. The molecule has 3 rings (SSSR count). The maximum atomic E-state index is 11.5. The Bertz CT molecular complexity index is 626. The highest BCUT2D eigenvalue weighted by Crippen LogP contribution is 2.37. The van der Waals surface area contributed by atoms with Crippen LogP contribution in [-0.4, -0.2) is 50.9 Å². The van der Waals surface area contributed by atoms with E-state index in [0.29, 0.717) is 19.1 Å². The monoisotopic (exact) mass is 358 g/mol. The van der Waals surface area contributed by atoms with Gasteiger partial charge < -0.3 is 4.74 Å². The minimum Gasteiger partial charge on any atom is -0.372 e. The van der Waals surface area contributed by atoms with Crippen molar-refractivity contribution < 1.29 is 13.2 Å². The first-order valence-corrected chi connectivity index (χ1v) is 10.8. The van der Waals surface area contributed by atoms with Gasteiger partial charge >= 0.3 is 0 Å². The van der Waals surface area contributed by atoms with E-state index >= 15 is 0 Å². The van der Waals surface area contributed by atoms with Gasteiger partial charge in [-0.1, -0.05) is 0 Å². The normalized spacial score (nSPS) is 24.7. The summed E-state index contributed by atoms with van der Waals surface area (Å²) in [5, 5.41) is 0. The van der Waals surface area contributed by atoms with Crippen molar-refractivity contribution in [2.24, 2.45) is 5.92 Å². The molecule has 1 aromatic heterocycles. The Morgan fingerprint density at radius 2 is 2.22 bits per heavy atom. The lowest BCUT2D eigenvalue weighted by atomic mass is 9.83. The fraction of sp³-hybridized carbons (Fsp3) is 0.750. The number of likely N-dealkylation sites (tertiary alicyclic amines) is 1. The number of ether oxygens (including phenoxy) is 1. The number of nitrogens with zero attached hydrogens (tertiary/aromatic N) is 1. The minimum atomic E-state index is -3.09. The molecule has 2 aliphatic rings. The van der Waals surface area contributed by atoms with Crippen LogP contribution in [0.2, 0.25) is 0 Å². The van der Waals surface area contributed by atoms with Crippen LogP contribution in [-0.2, 0) is 21.3 Å². The van der Waals surface area contributed by atoms with Gasteiger partial charge in [0.2, 0.25) is 10.0 Å². The zero-order valence-electron chi connectivity index (χ0n) is 13.9. The van der Waals surface area contributed by atoms with Gasteiger partial charge in [0, 0.05) is 35.9 Å². The number of hydrogen-bond acceptors (Lipinski definition) is 5. The Kier molecular flexibility index (Phi) is 5.13. The third kappa shape index (κ3) is 4.33. The standard InChI is InChI=1S/C16H26N2O3S2/c1-3-23(19,20)17-8-14-6-7-16(21-10-14)11-18(12-16)9-15-5-4-13(2)22-15/h4-5,14,17H,3,6-12H2,1-2H3/t14-/m0/s1. The van der Waals surface area contributed by atoms with Crippen molar-refractivity contribution in [3.63, 3.8) is 0 Å². The van der Waals surface area contributed by atoms with E-state index in [-0.39, 0.29) is 11.4 Å². The molecule has 0 unspecified atom stereocenters. The second-order valence-electron chi connectivity index (χ2n) is 6.81. The fourth-order valence-corrected chi connectivity index (χ4v) is 4.97. The van der Waals surface area contributed by atoms with E-state index < -0.39 is 10.0 Å². The molecule has 0 saturated carbocycles. The number of hydrogen-bond donors (Lipinski definition) is 1. The molecule has 0 amide bonds. The average molecular weight is 359 g/mol. The molecule has 23 heavy (non-hydrogen) atoms. The van der Waals surface area contributed by atoms with Crippen LogP contribution in [0.15, 0.2) is 12.1 Å². The molecular weight excluding hydrogens is 332 g/mol. The lowest BCUT2D eigenvalue weighted by Gasteiger charge is -2.52. The summed E-state index contributed by atoms with van der Waals surface area (Å²) < 4.78 is 31.8. The SMILES string of the molecule is CCS(=O)(=O)NC[C@@H]1CCC2(CN(Cc3ccc(C)s3)C2)OC1. The molecule has 2 fully saturated rings. The van der Waals surface area contributed by atoms with E-state index in [1.54, 1.807) is 6.92 Å². The molecule has 5 nitrogen and oxygen atoms in total. The lowest BCUT2D eigenvalue weighted by molar-refractivity contribution is -0.180. The van der Waals surface area contributed by atoms with Crippen molar-refractivity contribution in [2.75, 3.05) is 32.0 Å². The smallest absolute Gasteiger partial charge is 0.211 e. The van der Waals surface area contributed by atoms with E-state index in [4.69, 9.17) is 4.74 Å². The van der Waals surface area contributed by atoms with Gasteiger partial charge in [0.1, 0.15) is 0 Å². The maximum absolute atomic E-state index is 11.5. The summed E-state index contributed by atoms with van der Waals surface area (Å²) >= 11 is 1.86. The number of thiophene rings is 1. The molecule has 7 heteroatoms. The molecular formula is C16H26N2O3S2. The zero-order chi connectivity index (χ0) is 16.5. The van der Waals surface area contributed by atoms with E-state index in [1.165, 1.54) is 9.75 Å². The molecule has 130 valence electrons. The highest BCUT2D eigenvalue weighted by molar-refractivity contribution is 7.89. The largest absolute Gasteiger partial charge is 0.372 e. The van der Waals surface area contributed by atoms with Gasteiger partial charge in [-0.05, 0) is 44.7 Å². The fourth-order valence-electron chi connectivity index (χ4n) is 3.35. The molecule has 1 spiro atoms. The molecule has 1 aromatic rings. The van der Waals surface area contributed by atoms with Gasteiger partial charge in [-0.2, -0.15) is 0 Å². The van der Waals surface area contributed by atoms with E-state index in [1.807, 2.05) is 11.3 Å². The zero-order valence-corrected chi connectivity index (χ0v) is 15.5. The molecule has 3 heterocycles. The molecule has 0 aliphatic carbocycles. The summed E-state index contributed by atoms with van der Waals surface area (Å²) in [6, 6.07) is 4.39. The van der Waals surface area contributed by atoms with Crippen LogP contribution in [0.3, 0.4) is 0 Å². The molecule has 0 radical (unpaired) electrons. The molecule has 0 aromatic carbocycles. The van der Waals surface area contributed by atoms with Crippen molar-refractivity contribution in [1.82, 2.24) is 9.62 Å². The van der Waals surface area contributed by atoms with Crippen LogP contribution >= 0.6 is 11.3 Å². The Morgan fingerprint density at radius 3 is 2.78 bits per heavy atom. The Morgan fingerprint density at radius 1 is 1.43 bits per heavy atom. The van der Waals surface area contributed by atoms with Crippen LogP contribution in [0.4, 0.5) is 0 Å². The van der Waals surface area contributed by atoms with Crippen molar-refractivity contribution >= 4 is 21.4 Å². The van der Waals surface area contributed by atoms with Crippen LogP contribution in [0.5, 0.6) is 0 Å². The molecule has 1 atom stereocenters. The maximum Gasteiger partial charge on any atom is 0.211 e. The highest BCUT2D eigenvalue weighted by atomic mass is 32.2. The molecule has 2 aliphatic heterocycles. The minimum absolute atomic E-state index is 0.0203. The van der Waals surface area contributed by atoms with Gasteiger partial charge in [0.05, 0.1) is 18.0 Å². The van der Waals surface area contributed by atoms with Crippen LogP contribution in [0.25, 0.3) is 0 Å². The van der Waals surface area contributed by atoms with Crippen molar-refractivity contribution in [3.05, 3.63) is 21.9 Å². The van der Waals surface area contributed by atoms with E-state index in [2.05, 4.69) is 28.7 Å². The summed E-state index contributed by atoms with van der Waals surface area (Å²) in [5.74, 6) is 0.442.